The summed E-state index contributed by atoms with van der Waals surface area (Å²) < 4.78 is 0. The first-order valence-electron chi connectivity index (χ1n) is 8.62. The first kappa shape index (κ1) is 17.9. The molecule has 2 aromatic heterocycles. The van der Waals surface area contributed by atoms with Crippen molar-refractivity contribution >= 4 is 23.7 Å². The average molecular weight is 364 g/mol. The third kappa shape index (κ3) is 3.67. The highest BCUT2D eigenvalue weighted by molar-refractivity contribution is 7.07. The van der Waals surface area contributed by atoms with Gasteiger partial charge in [0.05, 0.1) is 0 Å². The third-order valence-electron chi connectivity index (χ3n) is 5.67. The summed E-state index contributed by atoms with van der Waals surface area (Å²) in [6.07, 6.45) is 7.99. The molecule has 0 radical (unpaired) electrons. The second kappa shape index (κ2) is 7.52. The van der Waals surface area contributed by atoms with Gasteiger partial charge in [-0.15, -0.1) is 12.4 Å². The van der Waals surface area contributed by atoms with Crippen molar-refractivity contribution in [1.82, 2.24) is 15.2 Å². The Kier molecular flexibility index (Phi) is 5.60. The maximum absolute atomic E-state index is 4.34. The Balaban J connectivity index is 0.00000169. The molecule has 2 fully saturated rings. The topological polar surface area (TPSA) is 28.2 Å². The minimum atomic E-state index is 0. The normalized spacial score (nSPS) is 21.7. The fourth-order valence-corrected chi connectivity index (χ4v) is 4.74. The van der Waals surface area contributed by atoms with Crippen molar-refractivity contribution in [2.24, 2.45) is 5.41 Å². The molecule has 0 bridgehead atoms. The van der Waals surface area contributed by atoms with Gasteiger partial charge >= 0.3 is 0 Å². The number of aryl methyl sites for hydroxylation is 1. The van der Waals surface area contributed by atoms with Gasteiger partial charge < -0.3 is 5.32 Å². The van der Waals surface area contributed by atoms with Crippen LogP contribution in [0.1, 0.15) is 36.0 Å². The Morgan fingerprint density at radius 3 is 2.83 bits per heavy atom. The summed E-state index contributed by atoms with van der Waals surface area (Å²) in [6, 6.07) is 5.14. The second-order valence-corrected chi connectivity index (χ2v) is 7.95. The van der Waals surface area contributed by atoms with Crippen LogP contribution in [0.2, 0.25) is 0 Å². The molecule has 1 unspecified atom stereocenters. The van der Waals surface area contributed by atoms with Crippen LogP contribution in [0.4, 0.5) is 0 Å². The molecule has 3 nitrogen and oxygen atoms in total. The highest BCUT2D eigenvalue weighted by atomic mass is 35.5. The molecule has 1 saturated heterocycles. The summed E-state index contributed by atoms with van der Waals surface area (Å²) >= 11 is 1.80. The van der Waals surface area contributed by atoms with Crippen molar-refractivity contribution in [2.75, 3.05) is 13.1 Å². The molecule has 2 aromatic rings. The van der Waals surface area contributed by atoms with Crippen LogP contribution in [0.5, 0.6) is 0 Å². The van der Waals surface area contributed by atoms with Gasteiger partial charge in [0.15, 0.2) is 0 Å². The molecule has 1 spiro atoms. The maximum atomic E-state index is 4.34. The van der Waals surface area contributed by atoms with E-state index >= 15 is 0 Å². The fourth-order valence-electron chi connectivity index (χ4n) is 4.08. The van der Waals surface area contributed by atoms with E-state index in [0.29, 0.717) is 5.41 Å². The molecular formula is C19H26ClN3S. The molecule has 1 N–H and O–H groups in total. The third-order valence-corrected chi connectivity index (χ3v) is 6.41. The van der Waals surface area contributed by atoms with Gasteiger partial charge in [0.2, 0.25) is 0 Å². The van der Waals surface area contributed by atoms with Crippen LogP contribution < -0.4 is 5.32 Å². The molecule has 2 aliphatic rings. The van der Waals surface area contributed by atoms with E-state index < -0.39 is 0 Å². The van der Waals surface area contributed by atoms with Gasteiger partial charge in [0.1, 0.15) is 0 Å². The first-order chi connectivity index (χ1) is 11.3. The van der Waals surface area contributed by atoms with Crippen molar-refractivity contribution in [3.05, 3.63) is 52.0 Å². The van der Waals surface area contributed by atoms with Gasteiger partial charge in [-0.1, -0.05) is 0 Å². The fraction of sp³-hybridized carbons (Fsp3) is 0.526. The van der Waals surface area contributed by atoms with E-state index in [4.69, 9.17) is 0 Å². The lowest BCUT2D eigenvalue weighted by molar-refractivity contribution is 0.188. The molecule has 0 aromatic carbocycles. The summed E-state index contributed by atoms with van der Waals surface area (Å²) in [7, 11) is 0. The van der Waals surface area contributed by atoms with E-state index in [0.717, 1.165) is 19.1 Å². The monoisotopic (exact) mass is 363 g/mol. The Hall–Kier alpha value is -0.940. The first-order valence-corrected chi connectivity index (χ1v) is 9.56. The second-order valence-electron chi connectivity index (χ2n) is 7.17. The number of hydrogen-bond acceptors (Lipinski definition) is 4. The minimum absolute atomic E-state index is 0. The number of hydrogen-bond donors (Lipinski definition) is 1. The summed E-state index contributed by atoms with van der Waals surface area (Å²) in [5.41, 5.74) is 4.76. The zero-order valence-corrected chi connectivity index (χ0v) is 15.8. The van der Waals surface area contributed by atoms with Crippen molar-refractivity contribution in [2.45, 2.75) is 45.3 Å². The number of nitrogens with one attached hydrogen (secondary N) is 1. The van der Waals surface area contributed by atoms with E-state index in [9.17, 15) is 0 Å². The molecule has 5 heteroatoms. The van der Waals surface area contributed by atoms with Gasteiger partial charge in [0, 0.05) is 31.5 Å². The van der Waals surface area contributed by atoms with Gasteiger partial charge in [-0.25, -0.2) is 0 Å². The summed E-state index contributed by atoms with van der Waals surface area (Å²) in [5.74, 6) is 0. The predicted octanol–water partition coefficient (Wildman–Crippen LogP) is 4.02. The standard InChI is InChI=1S/C19H25N3S.ClH/c1-15-2-6-21-11-17(15)13-22(12-16-3-9-23-14-16)18-10-19(18)4-7-20-8-5-19;/h2-3,6,9,11,14,18,20H,4-5,7-8,10,12-13H2,1H3;1H. The lowest BCUT2D eigenvalue weighted by Crippen LogP contribution is -2.35. The number of aromatic nitrogens is 1. The van der Waals surface area contributed by atoms with Gasteiger partial charge in [0.25, 0.3) is 0 Å². The van der Waals surface area contributed by atoms with Crippen LogP contribution >= 0.6 is 23.7 Å². The van der Waals surface area contributed by atoms with E-state index in [1.54, 1.807) is 11.3 Å². The van der Waals surface area contributed by atoms with Crippen LogP contribution in [0, 0.1) is 12.3 Å². The molecule has 1 aliphatic heterocycles. The molecule has 0 amide bonds. The SMILES string of the molecule is Cc1ccncc1CN(Cc1ccsc1)C1CC12CCNCC2.Cl. The van der Waals surface area contributed by atoms with Crippen molar-refractivity contribution < 1.29 is 0 Å². The number of nitrogens with zero attached hydrogens (tertiary/aromatic N) is 2. The van der Waals surface area contributed by atoms with E-state index in [2.05, 4.69) is 45.0 Å². The maximum Gasteiger partial charge on any atom is 0.0315 e. The van der Waals surface area contributed by atoms with E-state index in [1.807, 2.05) is 12.4 Å². The summed E-state index contributed by atoms with van der Waals surface area (Å²) in [4.78, 5) is 7.05. The number of rotatable bonds is 5. The Morgan fingerprint density at radius 1 is 1.29 bits per heavy atom. The number of piperidine rings is 1. The zero-order chi connectivity index (χ0) is 15.7. The average Bonchev–Trinajstić information content (AvgIpc) is 3.01. The van der Waals surface area contributed by atoms with Crippen LogP contribution in [0.25, 0.3) is 0 Å². The van der Waals surface area contributed by atoms with Crippen LogP contribution in [0.3, 0.4) is 0 Å². The molecule has 4 rings (SSSR count). The molecule has 1 atom stereocenters. The van der Waals surface area contributed by atoms with E-state index in [1.165, 1.54) is 49.0 Å². The summed E-state index contributed by atoms with van der Waals surface area (Å²) in [6.45, 7) is 6.67. The van der Waals surface area contributed by atoms with Crippen LogP contribution in [-0.4, -0.2) is 29.0 Å². The Bertz CT molecular complexity index is 652. The Labute approximate surface area is 154 Å². The van der Waals surface area contributed by atoms with Crippen molar-refractivity contribution in [3.63, 3.8) is 0 Å². The van der Waals surface area contributed by atoms with Crippen molar-refractivity contribution in [1.29, 1.82) is 0 Å². The predicted molar refractivity (Wildman–Crippen MR) is 103 cm³/mol. The lowest BCUT2D eigenvalue weighted by Gasteiger charge is -2.29. The molecule has 1 saturated carbocycles. The van der Waals surface area contributed by atoms with Crippen LogP contribution in [-0.2, 0) is 13.1 Å². The lowest BCUT2D eigenvalue weighted by atomic mass is 9.93. The summed E-state index contributed by atoms with van der Waals surface area (Å²) in [5, 5.41) is 8.00. The van der Waals surface area contributed by atoms with Crippen LogP contribution in [0.15, 0.2) is 35.3 Å². The highest BCUT2D eigenvalue weighted by Gasteiger charge is 2.56. The van der Waals surface area contributed by atoms with Crippen molar-refractivity contribution in [3.8, 4) is 0 Å². The smallest absolute Gasteiger partial charge is 0.0315 e. The molecule has 24 heavy (non-hydrogen) atoms. The molecule has 1 aliphatic carbocycles. The number of halogens is 1. The number of pyridine rings is 1. The Morgan fingerprint density at radius 2 is 2.12 bits per heavy atom. The molecular weight excluding hydrogens is 338 g/mol. The largest absolute Gasteiger partial charge is 0.317 e. The van der Waals surface area contributed by atoms with Gasteiger partial charge in [-0.05, 0) is 84.3 Å². The minimum Gasteiger partial charge on any atom is -0.317 e. The van der Waals surface area contributed by atoms with Gasteiger partial charge in [-0.3, -0.25) is 9.88 Å². The number of thiophene rings is 1. The van der Waals surface area contributed by atoms with E-state index in [-0.39, 0.29) is 12.4 Å². The zero-order valence-electron chi connectivity index (χ0n) is 14.2. The highest BCUT2D eigenvalue weighted by Crippen LogP contribution is 2.56. The molecule has 130 valence electrons. The quantitative estimate of drug-likeness (QED) is 0.869. The van der Waals surface area contributed by atoms with Gasteiger partial charge in [-0.2, -0.15) is 11.3 Å². The molecule has 3 heterocycles.